The molecule has 1 heterocycles. The van der Waals surface area contributed by atoms with Gasteiger partial charge in [-0.2, -0.15) is 0 Å². The largest absolute Gasteiger partial charge is 0.497 e. The first kappa shape index (κ1) is 23.8. The maximum Gasteiger partial charge on any atom is 0.227 e. The number of benzene rings is 2. The molecule has 4 rings (SSSR count). The van der Waals surface area contributed by atoms with E-state index in [2.05, 4.69) is 10.3 Å². The molecule has 0 aliphatic heterocycles. The Labute approximate surface area is 197 Å². The molecule has 2 N–H and O–H groups in total. The number of rotatable bonds is 7. The number of amides is 1. The van der Waals surface area contributed by atoms with Gasteiger partial charge in [0.15, 0.2) is 0 Å². The van der Waals surface area contributed by atoms with Gasteiger partial charge in [-0.05, 0) is 92.6 Å². The molecule has 1 aliphatic rings. The van der Waals surface area contributed by atoms with E-state index < -0.39 is 17.2 Å². The first-order valence-corrected chi connectivity index (χ1v) is 11.4. The summed E-state index contributed by atoms with van der Waals surface area (Å²) in [5, 5.41) is 14.8. The number of hydrogen-bond donors (Lipinski definition) is 2. The van der Waals surface area contributed by atoms with E-state index in [0.717, 1.165) is 40.4 Å². The summed E-state index contributed by atoms with van der Waals surface area (Å²) < 4.78 is 32.3. The van der Waals surface area contributed by atoms with Crippen LogP contribution in [0.25, 0.3) is 17.0 Å². The van der Waals surface area contributed by atoms with E-state index in [1.807, 2.05) is 24.3 Å². The van der Waals surface area contributed by atoms with Gasteiger partial charge in [0.05, 0.1) is 18.2 Å². The molecule has 1 saturated carbocycles. The highest BCUT2D eigenvalue weighted by molar-refractivity contribution is 5.83. The minimum absolute atomic E-state index is 0.0691. The van der Waals surface area contributed by atoms with Gasteiger partial charge in [-0.15, -0.1) is 0 Å². The Balaban J connectivity index is 1.31. The van der Waals surface area contributed by atoms with Crippen LogP contribution >= 0.6 is 0 Å². The quantitative estimate of drug-likeness (QED) is 0.504. The number of pyridine rings is 1. The number of aryl methyl sites for hydroxylation is 1. The van der Waals surface area contributed by atoms with E-state index in [1.165, 1.54) is 12.3 Å². The van der Waals surface area contributed by atoms with Crippen molar-refractivity contribution in [3.8, 4) is 5.75 Å². The Bertz CT molecular complexity index is 1200. The van der Waals surface area contributed by atoms with Crippen molar-refractivity contribution in [2.45, 2.75) is 44.1 Å². The van der Waals surface area contributed by atoms with Crippen molar-refractivity contribution >= 4 is 22.9 Å². The van der Waals surface area contributed by atoms with Gasteiger partial charge in [0.2, 0.25) is 5.91 Å². The number of carbonyl (C=O) groups is 1. The third-order valence-electron chi connectivity index (χ3n) is 6.63. The van der Waals surface area contributed by atoms with Crippen molar-refractivity contribution in [3.05, 3.63) is 77.6 Å². The van der Waals surface area contributed by atoms with Gasteiger partial charge in [0.25, 0.3) is 0 Å². The Kier molecular flexibility index (Phi) is 7.22. The Morgan fingerprint density at radius 2 is 2.00 bits per heavy atom. The van der Waals surface area contributed by atoms with Crippen molar-refractivity contribution in [2.75, 3.05) is 7.11 Å². The molecule has 178 valence electrons. The van der Waals surface area contributed by atoms with Gasteiger partial charge in [-0.3, -0.25) is 9.78 Å². The van der Waals surface area contributed by atoms with E-state index in [9.17, 15) is 18.7 Å². The molecule has 7 heteroatoms. The number of carbonyl (C=O) groups excluding carboxylic acids is 1. The maximum absolute atomic E-state index is 13.7. The van der Waals surface area contributed by atoms with E-state index in [4.69, 9.17) is 4.74 Å². The molecular weight excluding hydrogens is 438 g/mol. The van der Waals surface area contributed by atoms with Crippen LogP contribution in [0.3, 0.4) is 0 Å². The van der Waals surface area contributed by atoms with Gasteiger partial charge < -0.3 is 15.2 Å². The molecule has 1 aromatic heterocycles. The third-order valence-corrected chi connectivity index (χ3v) is 6.63. The van der Waals surface area contributed by atoms with E-state index in [0.29, 0.717) is 38.5 Å². The van der Waals surface area contributed by atoms with Crippen molar-refractivity contribution in [1.29, 1.82) is 0 Å². The van der Waals surface area contributed by atoms with E-state index in [-0.39, 0.29) is 17.4 Å². The number of hydrogen-bond acceptors (Lipinski definition) is 4. The number of aromatic nitrogens is 1. The topological polar surface area (TPSA) is 71.5 Å². The minimum Gasteiger partial charge on any atom is -0.497 e. The van der Waals surface area contributed by atoms with Crippen LogP contribution in [0.15, 0.2) is 54.9 Å². The summed E-state index contributed by atoms with van der Waals surface area (Å²) in [7, 11) is 1.63. The maximum atomic E-state index is 13.7. The molecule has 34 heavy (non-hydrogen) atoms. The lowest BCUT2D eigenvalue weighted by Gasteiger charge is -2.35. The number of nitrogens with zero attached hydrogens (tertiary/aromatic N) is 1. The van der Waals surface area contributed by atoms with Gasteiger partial charge >= 0.3 is 0 Å². The van der Waals surface area contributed by atoms with Crippen LogP contribution in [0.5, 0.6) is 5.75 Å². The first-order valence-electron chi connectivity index (χ1n) is 11.4. The summed E-state index contributed by atoms with van der Waals surface area (Å²) in [6, 6.07) is 10.9. The molecule has 2 aromatic carbocycles. The minimum atomic E-state index is -0.828. The molecular formula is C27H28F2N2O3. The lowest BCUT2D eigenvalue weighted by atomic mass is 9.75. The molecule has 0 bridgehead atoms. The molecule has 0 radical (unpaired) electrons. The fraction of sp³-hybridized carbons (Fsp3) is 0.333. The molecule has 5 nitrogen and oxygen atoms in total. The van der Waals surface area contributed by atoms with Gasteiger partial charge in [0, 0.05) is 29.3 Å². The lowest BCUT2D eigenvalue weighted by Crippen LogP contribution is -2.38. The monoisotopic (exact) mass is 466 g/mol. The van der Waals surface area contributed by atoms with Gasteiger partial charge in [0.1, 0.15) is 17.4 Å². The van der Waals surface area contributed by atoms with Gasteiger partial charge in [-0.25, -0.2) is 8.78 Å². The SMILES string of the molecule is COc1ccc2nccc(CCC3(O)CCC(C(=O)NC=Cc4cc(F)ccc4F)CC3)c2c1. The predicted octanol–water partition coefficient (Wildman–Crippen LogP) is 5.16. The van der Waals surface area contributed by atoms with Crippen molar-refractivity contribution in [3.63, 3.8) is 0 Å². The van der Waals surface area contributed by atoms with E-state index >= 15 is 0 Å². The smallest absolute Gasteiger partial charge is 0.227 e. The van der Waals surface area contributed by atoms with Gasteiger partial charge in [-0.1, -0.05) is 0 Å². The number of nitrogens with one attached hydrogen (secondary N) is 1. The molecule has 0 spiro atoms. The highest BCUT2D eigenvalue weighted by Crippen LogP contribution is 2.36. The Morgan fingerprint density at radius 3 is 2.76 bits per heavy atom. The zero-order valence-corrected chi connectivity index (χ0v) is 19.1. The predicted molar refractivity (Wildman–Crippen MR) is 127 cm³/mol. The van der Waals surface area contributed by atoms with Crippen molar-refractivity contribution in [2.24, 2.45) is 5.92 Å². The number of methoxy groups -OCH3 is 1. The summed E-state index contributed by atoms with van der Waals surface area (Å²) in [5.74, 6) is -0.746. The molecule has 0 atom stereocenters. The third kappa shape index (κ3) is 5.59. The molecule has 3 aromatic rings. The average Bonchev–Trinajstić information content (AvgIpc) is 2.85. The highest BCUT2D eigenvalue weighted by Gasteiger charge is 2.35. The summed E-state index contributed by atoms with van der Waals surface area (Å²) in [6.07, 6.45) is 7.92. The van der Waals surface area contributed by atoms with Crippen LogP contribution in [0.4, 0.5) is 8.78 Å². The molecule has 1 aliphatic carbocycles. The molecule has 0 saturated heterocycles. The lowest BCUT2D eigenvalue weighted by molar-refractivity contribution is -0.127. The second-order valence-electron chi connectivity index (χ2n) is 8.86. The van der Waals surface area contributed by atoms with Crippen molar-refractivity contribution < 1.29 is 23.4 Å². The number of halogens is 2. The number of fused-ring (bicyclic) bond motifs is 1. The van der Waals surface area contributed by atoms with Crippen LogP contribution in [-0.2, 0) is 11.2 Å². The normalized spacial score (nSPS) is 20.5. The standard InChI is InChI=1S/C27H28F2N2O3/c1-34-22-3-5-25-23(17-22)18(9-14-30-25)6-11-27(33)12-7-19(8-13-27)26(32)31-15-10-20-16-21(28)2-4-24(20)29/h2-5,9-10,14-17,19,33H,6-8,11-13H2,1H3,(H,31,32). The molecule has 0 unspecified atom stereocenters. The summed E-state index contributed by atoms with van der Waals surface area (Å²) in [5.41, 5.74) is 1.23. The van der Waals surface area contributed by atoms with Crippen molar-refractivity contribution in [1.82, 2.24) is 10.3 Å². The summed E-state index contributed by atoms with van der Waals surface area (Å²) >= 11 is 0. The zero-order valence-electron chi connectivity index (χ0n) is 19.1. The fourth-order valence-corrected chi connectivity index (χ4v) is 4.54. The molecule has 1 amide bonds. The van der Waals surface area contributed by atoms with Crippen LogP contribution in [0, 0.1) is 17.6 Å². The van der Waals surface area contributed by atoms with Crippen LogP contribution in [0.1, 0.15) is 43.2 Å². The second kappa shape index (κ2) is 10.3. The second-order valence-corrected chi connectivity index (χ2v) is 8.86. The fourth-order valence-electron chi connectivity index (χ4n) is 4.54. The highest BCUT2D eigenvalue weighted by atomic mass is 19.1. The Morgan fingerprint density at radius 1 is 1.21 bits per heavy atom. The van der Waals surface area contributed by atoms with Crippen LogP contribution < -0.4 is 10.1 Å². The first-order chi connectivity index (χ1) is 16.4. The molecule has 1 fully saturated rings. The van der Waals surface area contributed by atoms with E-state index in [1.54, 1.807) is 13.3 Å². The summed E-state index contributed by atoms with van der Waals surface area (Å²) in [6.45, 7) is 0. The Hall–Kier alpha value is -3.32. The number of ether oxygens (including phenoxy) is 1. The number of aliphatic hydroxyl groups is 1. The summed E-state index contributed by atoms with van der Waals surface area (Å²) in [4.78, 5) is 16.9. The van der Waals surface area contributed by atoms with Crippen LogP contribution in [-0.4, -0.2) is 28.7 Å². The van der Waals surface area contributed by atoms with Crippen LogP contribution in [0.2, 0.25) is 0 Å². The zero-order chi connectivity index (χ0) is 24.1. The average molecular weight is 467 g/mol.